The Labute approximate surface area is 226 Å². The lowest BCUT2D eigenvalue weighted by molar-refractivity contribution is 0.0802. The number of halogens is 2. The van der Waals surface area contributed by atoms with Crippen molar-refractivity contribution in [3.05, 3.63) is 64.8 Å². The highest BCUT2D eigenvalue weighted by atomic mass is 35.5. The number of hydrogen-bond donors (Lipinski definition) is 1. The fourth-order valence-corrected chi connectivity index (χ4v) is 7.03. The molecule has 1 aliphatic heterocycles. The maximum atomic E-state index is 14.1. The van der Waals surface area contributed by atoms with Gasteiger partial charge < -0.3 is 9.64 Å². The number of rotatable bonds is 7. The zero-order chi connectivity index (χ0) is 26.6. The molecular weight excluding hydrogens is 513 g/mol. The Morgan fingerprint density at radius 2 is 1.81 bits per heavy atom. The second kappa shape index (κ2) is 12.3. The monoisotopic (exact) mass is 551 g/mol. The highest BCUT2D eigenvalue weighted by Crippen LogP contribution is 2.29. The Morgan fingerprint density at radius 3 is 2.49 bits per heavy atom. The molecule has 0 radical (unpaired) electrons. The molecule has 1 aromatic carbocycles. The summed E-state index contributed by atoms with van der Waals surface area (Å²) >= 11 is 5.90. The summed E-state index contributed by atoms with van der Waals surface area (Å²) in [6.45, 7) is 10.1. The first-order valence-corrected chi connectivity index (χ1v) is 15.2. The molecule has 6 nitrogen and oxygen atoms in total. The molecule has 2 aliphatic carbocycles. The van der Waals surface area contributed by atoms with Crippen LogP contribution in [0, 0.1) is 11.7 Å². The lowest BCUT2D eigenvalue weighted by Crippen LogP contribution is -2.52. The first-order chi connectivity index (χ1) is 17.6. The van der Waals surface area contributed by atoms with Gasteiger partial charge in [-0.25, -0.2) is 17.5 Å². The molecule has 2 fully saturated rings. The number of nitrogens with zero attached hydrogens (tertiary/aromatic N) is 2. The highest BCUT2D eigenvalue weighted by Gasteiger charge is 2.32. The van der Waals surface area contributed by atoms with Crippen LogP contribution in [0.5, 0.6) is 0 Å². The van der Waals surface area contributed by atoms with Gasteiger partial charge in [-0.2, -0.15) is 0 Å². The summed E-state index contributed by atoms with van der Waals surface area (Å²) in [5, 5.41) is 0.198. The van der Waals surface area contributed by atoms with Gasteiger partial charge in [0.25, 0.3) is 0 Å². The van der Waals surface area contributed by atoms with Gasteiger partial charge >= 0.3 is 0 Å². The van der Waals surface area contributed by atoms with E-state index in [0.29, 0.717) is 12.0 Å². The molecule has 0 bridgehead atoms. The normalized spacial score (nSPS) is 25.9. The highest BCUT2D eigenvalue weighted by molar-refractivity contribution is 7.89. The fourth-order valence-electron chi connectivity index (χ4n) is 5.39. The topological polar surface area (TPSA) is 61.9 Å². The van der Waals surface area contributed by atoms with Gasteiger partial charge in [-0.1, -0.05) is 36.8 Å². The van der Waals surface area contributed by atoms with E-state index in [2.05, 4.69) is 59.6 Å². The number of sulfonamides is 1. The maximum absolute atomic E-state index is 14.1. The maximum Gasteiger partial charge on any atom is 0.243 e. The van der Waals surface area contributed by atoms with Gasteiger partial charge in [-0.05, 0) is 76.1 Å². The van der Waals surface area contributed by atoms with Crippen molar-refractivity contribution in [2.75, 3.05) is 26.2 Å². The number of nitrogens with one attached hydrogen (secondary N) is 1. The number of benzene rings is 1. The fraction of sp³-hybridized carbons (Fsp3) is 0.571. The van der Waals surface area contributed by atoms with Crippen molar-refractivity contribution in [3.63, 3.8) is 0 Å². The smallest absolute Gasteiger partial charge is 0.243 e. The Hall–Kier alpha value is -1.87. The lowest BCUT2D eigenvalue weighted by Gasteiger charge is -2.43. The predicted octanol–water partition coefficient (Wildman–Crippen LogP) is 5.48. The van der Waals surface area contributed by atoms with Gasteiger partial charge in [0, 0.05) is 43.3 Å². The van der Waals surface area contributed by atoms with E-state index in [4.69, 9.17) is 16.3 Å². The minimum absolute atomic E-state index is 0.115. The molecule has 3 aliphatic rings. The second-order valence-corrected chi connectivity index (χ2v) is 12.7. The molecule has 0 amide bonds. The Kier molecular flexibility index (Phi) is 9.38. The van der Waals surface area contributed by atoms with E-state index >= 15 is 0 Å². The quantitative estimate of drug-likeness (QED) is 0.486. The number of ether oxygens (including phenoxy) is 1. The summed E-state index contributed by atoms with van der Waals surface area (Å²) in [7, 11) is -3.96. The number of hydrogen-bond acceptors (Lipinski definition) is 5. The number of allylic oxidation sites excluding steroid dienone is 4. The second-order valence-electron chi connectivity index (χ2n) is 10.6. The predicted molar refractivity (Wildman–Crippen MR) is 146 cm³/mol. The van der Waals surface area contributed by atoms with E-state index in [1.165, 1.54) is 17.8 Å². The molecule has 1 saturated heterocycles. The van der Waals surface area contributed by atoms with E-state index in [0.717, 1.165) is 70.1 Å². The van der Waals surface area contributed by atoms with Crippen LogP contribution in [0.2, 0.25) is 5.02 Å². The van der Waals surface area contributed by atoms with Crippen LogP contribution in [-0.2, 0) is 14.8 Å². The Bertz CT molecular complexity index is 1140. The van der Waals surface area contributed by atoms with E-state index in [9.17, 15) is 12.8 Å². The molecule has 1 heterocycles. The van der Waals surface area contributed by atoms with Crippen LogP contribution >= 0.6 is 11.6 Å². The Morgan fingerprint density at radius 1 is 1.11 bits per heavy atom. The largest absolute Gasteiger partial charge is 0.489 e. The minimum Gasteiger partial charge on any atom is -0.489 e. The van der Waals surface area contributed by atoms with E-state index < -0.39 is 15.8 Å². The molecule has 0 spiro atoms. The van der Waals surface area contributed by atoms with Crippen LogP contribution in [0.3, 0.4) is 0 Å². The number of piperazine rings is 1. The average molecular weight is 552 g/mol. The van der Waals surface area contributed by atoms with Gasteiger partial charge in [0.2, 0.25) is 10.0 Å². The van der Waals surface area contributed by atoms with Crippen LogP contribution in [0.15, 0.2) is 58.9 Å². The summed E-state index contributed by atoms with van der Waals surface area (Å²) in [6, 6.07) is 3.84. The van der Waals surface area contributed by atoms with Crippen molar-refractivity contribution in [2.24, 2.45) is 5.92 Å². The van der Waals surface area contributed by atoms with E-state index in [1.54, 1.807) is 0 Å². The SMILES string of the molecule is CC1C=CC=C(OC(C)C)C(N2CCN(C3CCC(NS(=O)(=O)c4cc(Cl)ccc4F)CC3)CC2)=CC1. The molecule has 4 rings (SSSR count). The zero-order valence-electron chi connectivity index (χ0n) is 22.0. The van der Waals surface area contributed by atoms with Crippen LogP contribution in [0.25, 0.3) is 0 Å². The summed E-state index contributed by atoms with van der Waals surface area (Å²) in [5.41, 5.74) is 1.19. The summed E-state index contributed by atoms with van der Waals surface area (Å²) in [5.74, 6) is 0.650. The van der Waals surface area contributed by atoms with Crippen LogP contribution in [-0.4, -0.2) is 62.6 Å². The summed E-state index contributed by atoms with van der Waals surface area (Å²) < 4.78 is 48.5. The van der Waals surface area contributed by atoms with Crippen LogP contribution in [0.4, 0.5) is 4.39 Å². The Balaban J connectivity index is 1.31. The van der Waals surface area contributed by atoms with Crippen molar-refractivity contribution in [1.82, 2.24) is 14.5 Å². The minimum atomic E-state index is -3.96. The van der Waals surface area contributed by atoms with Gasteiger partial charge in [-0.15, -0.1) is 0 Å². The van der Waals surface area contributed by atoms with Crippen molar-refractivity contribution < 1.29 is 17.5 Å². The molecule has 37 heavy (non-hydrogen) atoms. The van der Waals surface area contributed by atoms with Gasteiger partial charge in [0.05, 0.1) is 11.8 Å². The summed E-state index contributed by atoms with van der Waals surface area (Å²) in [4.78, 5) is 4.59. The molecule has 1 atom stereocenters. The average Bonchev–Trinajstić information content (AvgIpc) is 2.84. The van der Waals surface area contributed by atoms with Gasteiger partial charge in [-0.3, -0.25) is 4.90 Å². The first-order valence-electron chi connectivity index (χ1n) is 13.3. The van der Waals surface area contributed by atoms with Crippen molar-refractivity contribution in [2.45, 2.75) is 76.0 Å². The third-order valence-electron chi connectivity index (χ3n) is 7.36. The van der Waals surface area contributed by atoms with E-state index in [-0.39, 0.29) is 22.1 Å². The molecule has 1 saturated carbocycles. The molecule has 9 heteroatoms. The third-order valence-corrected chi connectivity index (χ3v) is 9.13. The van der Waals surface area contributed by atoms with E-state index in [1.807, 2.05) is 0 Å². The third kappa shape index (κ3) is 7.37. The lowest BCUT2D eigenvalue weighted by atomic mass is 9.90. The molecule has 1 N–H and O–H groups in total. The molecular formula is C28H39ClFN3O3S. The first kappa shape index (κ1) is 28.1. The van der Waals surface area contributed by atoms with Crippen LogP contribution in [0.1, 0.15) is 52.9 Å². The molecule has 204 valence electrons. The summed E-state index contributed by atoms with van der Waals surface area (Å²) in [6.07, 6.45) is 13.1. The van der Waals surface area contributed by atoms with Gasteiger partial charge in [0.15, 0.2) is 0 Å². The van der Waals surface area contributed by atoms with Crippen LogP contribution < -0.4 is 4.72 Å². The van der Waals surface area contributed by atoms with Crippen molar-refractivity contribution in [1.29, 1.82) is 0 Å². The van der Waals surface area contributed by atoms with Gasteiger partial charge in [0.1, 0.15) is 16.5 Å². The molecule has 0 aromatic heterocycles. The van der Waals surface area contributed by atoms with Crippen molar-refractivity contribution >= 4 is 21.6 Å². The molecule has 1 unspecified atom stereocenters. The standard InChI is InChI=1S/C28H39ClFN3O3S/c1-20(2)36-27-6-4-5-21(3)7-14-26(27)33-17-15-32(16-18-33)24-11-9-23(10-12-24)31-37(34,35)28-19-22(29)8-13-25(28)30/h4-6,8,13-14,19-21,23-24,31H,7,9-12,15-18H2,1-3H3. The zero-order valence-corrected chi connectivity index (χ0v) is 23.6. The van der Waals surface area contributed by atoms with Crippen molar-refractivity contribution in [3.8, 4) is 0 Å². The molecule has 1 aromatic rings.